The van der Waals surface area contributed by atoms with E-state index in [4.69, 9.17) is 16.6 Å². The van der Waals surface area contributed by atoms with E-state index < -0.39 is 5.97 Å². The number of rotatable bonds is 5. The maximum absolute atomic E-state index is 10.3. The van der Waals surface area contributed by atoms with E-state index in [-0.39, 0.29) is 12.5 Å². The molecule has 6 nitrogen and oxygen atoms in total. The third-order valence-corrected chi connectivity index (χ3v) is 2.29. The molecule has 0 aliphatic rings. The van der Waals surface area contributed by atoms with Crippen molar-refractivity contribution in [1.82, 2.24) is 9.78 Å². The minimum absolute atomic E-state index is 0.0710. The summed E-state index contributed by atoms with van der Waals surface area (Å²) in [7, 11) is 0. The fourth-order valence-electron chi connectivity index (χ4n) is 1.41. The quantitative estimate of drug-likeness (QED) is 0.671. The molecule has 0 aromatic carbocycles. The second-order valence-corrected chi connectivity index (χ2v) is 3.56. The lowest BCUT2D eigenvalue weighted by molar-refractivity contribution is -0.137. The molecule has 0 bridgehead atoms. The molecule has 1 aromatic rings. The molecule has 5 N–H and O–H groups in total. The van der Waals surface area contributed by atoms with Crippen LogP contribution >= 0.6 is 0 Å². The van der Waals surface area contributed by atoms with E-state index in [0.717, 1.165) is 6.42 Å². The minimum atomic E-state index is -0.782. The number of hydrogen-bond acceptors (Lipinski definition) is 4. The average Bonchev–Trinajstić information content (AvgIpc) is 2.47. The normalized spacial score (nSPS) is 12.6. The summed E-state index contributed by atoms with van der Waals surface area (Å²) >= 11 is 0. The van der Waals surface area contributed by atoms with Crippen LogP contribution in [0.5, 0.6) is 0 Å². The van der Waals surface area contributed by atoms with Gasteiger partial charge in [-0.05, 0) is 19.8 Å². The highest BCUT2D eigenvalue weighted by atomic mass is 16.4. The van der Waals surface area contributed by atoms with Crippen LogP contribution in [-0.2, 0) is 4.79 Å². The Morgan fingerprint density at radius 3 is 2.80 bits per heavy atom. The second-order valence-electron chi connectivity index (χ2n) is 3.56. The van der Waals surface area contributed by atoms with Crippen molar-refractivity contribution in [3.8, 4) is 0 Å². The average molecular weight is 212 g/mol. The summed E-state index contributed by atoms with van der Waals surface area (Å²) in [5.41, 5.74) is 11.7. The first-order chi connectivity index (χ1) is 7.02. The third kappa shape index (κ3) is 2.87. The molecule has 1 rings (SSSR count). The zero-order valence-electron chi connectivity index (χ0n) is 8.68. The number of anilines is 2. The standard InChI is InChI=1S/C9H16N4O2/c1-6(3-2-4-8(14)15)13-9(11)7(10)5-12-13/h5-6H,2-4,10-11H2,1H3,(H,14,15). The van der Waals surface area contributed by atoms with Gasteiger partial charge >= 0.3 is 5.97 Å². The van der Waals surface area contributed by atoms with Gasteiger partial charge in [0.05, 0.1) is 17.9 Å². The number of carbonyl (C=O) groups is 1. The van der Waals surface area contributed by atoms with Crippen LogP contribution in [0.4, 0.5) is 11.5 Å². The van der Waals surface area contributed by atoms with E-state index in [1.54, 1.807) is 4.68 Å². The highest BCUT2D eigenvalue weighted by Crippen LogP contribution is 2.21. The monoisotopic (exact) mass is 212 g/mol. The van der Waals surface area contributed by atoms with Gasteiger partial charge in [-0.2, -0.15) is 5.10 Å². The Morgan fingerprint density at radius 1 is 1.67 bits per heavy atom. The van der Waals surface area contributed by atoms with Gasteiger partial charge in [0, 0.05) is 6.42 Å². The maximum atomic E-state index is 10.3. The largest absolute Gasteiger partial charge is 0.481 e. The summed E-state index contributed by atoms with van der Waals surface area (Å²) in [6.45, 7) is 1.94. The highest BCUT2D eigenvalue weighted by molar-refractivity contribution is 5.66. The Balaban J connectivity index is 2.50. The lowest BCUT2D eigenvalue weighted by atomic mass is 10.1. The molecular formula is C9H16N4O2. The first-order valence-corrected chi connectivity index (χ1v) is 4.82. The summed E-state index contributed by atoms with van der Waals surface area (Å²) in [5, 5.41) is 12.5. The van der Waals surface area contributed by atoms with E-state index in [1.165, 1.54) is 6.20 Å². The molecule has 0 amide bonds. The van der Waals surface area contributed by atoms with Crippen molar-refractivity contribution in [3.05, 3.63) is 6.20 Å². The molecule has 0 spiro atoms. The number of nitrogens with zero attached hydrogens (tertiary/aromatic N) is 2. The summed E-state index contributed by atoms with van der Waals surface area (Å²) in [5.74, 6) is -0.340. The van der Waals surface area contributed by atoms with Crippen molar-refractivity contribution in [2.24, 2.45) is 0 Å². The molecule has 0 fully saturated rings. The number of carboxylic acids is 1. The number of aliphatic carboxylic acids is 1. The van der Waals surface area contributed by atoms with E-state index >= 15 is 0 Å². The van der Waals surface area contributed by atoms with Crippen LogP contribution in [-0.4, -0.2) is 20.9 Å². The molecule has 84 valence electrons. The summed E-state index contributed by atoms with van der Waals surface area (Å²) in [4.78, 5) is 10.3. The Hall–Kier alpha value is -1.72. The van der Waals surface area contributed by atoms with Crippen LogP contribution in [0, 0.1) is 0 Å². The van der Waals surface area contributed by atoms with Gasteiger partial charge < -0.3 is 16.6 Å². The summed E-state index contributed by atoms with van der Waals surface area (Å²) in [6.07, 6.45) is 3.00. The van der Waals surface area contributed by atoms with E-state index in [2.05, 4.69) is 5.10 Å². The van der Waals surface area contributed by atoms with Crippen LogP contribution in [0.1, 0.15) is 32.2 Å². The van der Waals surface area contributed by atoms with Crippen molar-refractivity contribution < 1.29 is 9.90 Å². The summed E-state index contributed by atoms with van der Waals surface area (Å²) < 4.78 is 1.62. The van der Waals surface area contributed by atoms with Crippen molar-refractivity contribution in [1.29, 1.82) is 0 Å². The molecule has 1 aromatic heterocycles. The molecule has 15 heavy (non-hydrogen) atoms. The fourth-order valence-corrected chi connectivity index (χ4v) is 1.41. The first-order valence-electron chi connectivity index (χ1n) is 4.82. The Bertz CT molecular complexity index is 348. The predicted molar refractivity (Wildman–Crippen MR) is 57.2 cm³/mol. The number of nitrogen functional groups attached to an aromatic ring is 2. The molecular weight excluding hydrogens is 196 g/mol. The van der Waals surface area contributed by atoms with Crippen molar-refractivity contribution >= 4 is 17.5 Å². The van der Waals surface area contributed by atoms with Gasteiger partial charge in [0.25, 0.3) is 0 Å². The van der Waals surface area contributed by atoms with Crippen molar-refractivity contribution in [2.45, 2.75) is 32.2 Å². The smallest absolute Gasteiger partial charge is 0.303 e. The number of hydrogen-bond donors (Lipinski definition) is 3. The van der Waals surface area contributed by atoms with Crippen LogP contribution in [0.3, 0.4) is 0 Å². The van der Waals surface area contributed by atoms with E-state index in [9.17, 15) is 4.79 Å². The fraction of sp³-hybridized carbons (Fsp3) is 0.556. The van der Waals surface area contributed by atoms with Gasteiger partial charge in [-0.1, -0.05) is 0 Å². The molecule has 1 atom stereocenters. The van der Waals surface area contributed by atoms with Crippen LogP contribution in [0.15, 0.2) is 6.20 Å². The van der Waals surface area contributed by atoms with Gasteiger partial charge in [-0.15, -0.1) is 0 Å². The van der Waals surface area contributed by atoms with Crippen LogP contribution < -0.4 is 11.5 Å². The van der Waals surface area contributed by atoms with Crippen LogP contribution in [0.2, 0.25) is 0 Å². The lowest BCUT2D eigenvalue weighted by Crippen LogP contribution is -2.11. The molecule has 0 saturated heterocycles. The zero-order chi connectivity index (χ0) is 11.4. The topological polar surface area (TPSA) is 107 Å². The maximum Gasteiger partial charge on any atom is 0.303 e. The molecule has 0 aliphatic carbocycles. The van der Waals surface area contributed by atoms with Gasteiger partial charge in [0.15, 0.2) is 0 Å². The second kappa shape index (κ2) is 4.68. The number of carboxylic acid groups (broad SMARTS) is 1. The Morgan fingerprint density at radius 2 is 2.33 bits per heavy atom. The number of aromatic nitrogens is 2. The predicted octanol–water partition coefficient (Wildman–Crippen LogP) is 0.863. The van der Waals surface area contributed by atoms with Gasteiger partial charge in [0.2, 0.25) is 0 Å². The Labute approximate surface area is 87.9 Å². The third-order valence-electron chi connectivity index (χ3n) is 2.29. The highest BCUT2D eigenvalue weighted by Gasteiger charge is 2.11. The molecule has 1 heterocycles. The molecule has 0 aliphatic heterocycles. The zero-order valence-corrected chi connectivity index (χ0v) is 8.68. The first kappa shape index (κ1) is 11.4. The van der Waals surface area contributed by atoms with Crippen molar-refractivity contribution in [2.75, 3.05) is 11.5 Å². The lowest BCUT2D eigenvalue weighted by Gasteiger charge is -2.13. The SMILES string of the molecule is CC(CCCC(=O)O)n1ncc(N)c1N. The van der Waals surface area contributed by atoms with Gasteiger partial charge in [-0.3, -0.25) is 4.79 Å². The minimum Gasteiger partial charge on any atom is -0.481 e. The molecule has 0 saturated carbocycles. The molecule has 6 heteroatoms. The Kier molecular flexibility index (Phi) is 3.54. The van der Waals surface area contributed by atoms with Gasteiger partial charge in [0.1, 0.15) is 5.82 Å². The summed E-state index contributed by atoms with van der Waals surface area (Å²) in [6, 6.07) is 0.0710. The van der Waals surface area contributed by atoms with E-state index in [0.29, 0.717) is 17.9 Å². The van der Waals surface area contributed by atoms with E-state index in [1.807, 2.05) is 6.92 Å². The molecule has 0 radical (unpaired) electrons. The molecule has 1 unspecified atom stereocenters. The number of nitrogens with two attached hydrogens (primary N) is 2. The van der Waals surface area contributed by atoms with Crippen LogP contribution in [0.25, 0.3) is 0 Å². The van der Waals surface area contributed by atoms with Crippen molar-refractivity contribution in [3.63, 3.8) is 0 Å². The van der Waals surface area contributed by atoms with Gasteiger partial charge in [-0.25, -0.2) is 4.68 Å².